The van der Waals surface area contributed by atoms with E-state index >= 15 is 0 Å². The molecular formula is C15H24N2O3. The van der Waals surface area contributed by atoms with Gasteiger partial charge in [-0.05, 0) is 24.8 Å². The number of hydrogen-bond donors (Lipinski definition) is 2. The number of hydrogen-bond acceptors (Lipinski definition) is 4. The summed E-state index contributed by atoms with van der Waals surface area (Å²) < 4.78 is 0. The molecule has 0 amide bonds. The van der Waals surface area contributed by atoms with Gasteiger partial charge >= 0.3 is 0 Å². The summed E-state index contributed by atoms with van der Waals surface area (Å²) in [5.74, 6) is 0. The molecule has 0 aliphatic heterocycles. The normalized spacial score (nSPS) is 14.9. The first kappa shape index (κ1) is 16.6. The molecule has 0 aliphatic carbocycles. The van der Waals surface area contributed by atoms with Crippen LogP contribution < -0.4 is 5.32 Å². The van der Waals surface area contributed by atoms with Crippen molar-refractivity contribution in [1.82, 2.24) is 5.32 Å². The van der Waals surface area contributed by atoms with Crippen molar-refractivity contribution in [3.05, 3.63) is 39.4 Å². The third-order valence-electron chi connectivity index (χ3n) is 3.55. The number of benzene rings is 1. The summed E-state index contributed by atoms with van der Waals surface area (Å²) in [6.07, 6.45) is -0.467. The van der Waals surface area contributed by atoms with Crippen LogP contribution in [0.15, 0.2) is 18.2 Å². The Morgan fingerprint density at radius 3 is 2.50 bits per heavy atom. The van der Waals surface area contributed by atoms with Gasteiger partial charge in [-0.1, -0.05) is 32.9 Å². The highest BCUT2D eigenvalue weighted by Crippen LogP contribution is 2.24. The van der Waals surface area contributed by atoms with Gasteiger partial charge < -0.3 is 10.4 Å². The average Bonchev–Trinajstić information content (AvgIpc) is 2.34. The first-order valence-corrected chi connectivity index (χ1v) is 6.79. The molecule has 0 fully saturated rings. The van der Waals surface area contributed by atoms with Gasteiger partial charge in [0.05, 0.1) is 11.0 Å². The van der Waals surface area contributed by atoms with E-state index in [2.05, 4.69) is 5.32 Å². The summed E-state index contributed by atoms with van der Waals surface area (Å²) in [7, 11) is 0. The van der Waals surface area contributed by atoms with E-state index in [4.69, 9.17) is 0 Å². The molecule has 1 aromatic rings. The molecule has 2 atom stereocenters. The lowest BCUT2D eigenvalue weighted by molar-refractivity contribution is -0.385. The zero-order valence-electron chi connectivity index (χ0n) is 12.8. The van der Waals surface area contributed by atoms with Crippen molar-refractivity contribution in [3.8, 4) is 0 Å². The van der Waals surface area contributed by atoms with Crippen molar-refractivity contribution in [2.75, 3.05) is 6.54 Å². The van der Waals surface area contributed by atoms with Gasteiger partial charge in [0.2, 0.25) is 0 Å². The number of nitrogens with zero attached hydrogens (tertiary/aromatic N) is 1. The SMILES string of the molecule is Cc1ccc(C(C)NCC(O)C(C)(C)C)cc1[N+](=O)[O-]. The van der Waals surface area contributed by atoms with Crippen LogP contribution in [0.1, 0.15) is 44.9 Å². The molecule has 0 aliphatic rings. The second-order valence-corrected chi connectivity index (χ2v) is 6.31. The zero-order valence-corrected chi connectivity index (χ0v) is 12.8. The highest BCUT2D eigenvalue weighted by Gasteiger charge is 2.22. The quantitative estimate of drug-likeness (QED) is 0.642. The van der Waals surface area contributed by atoms with Gasteiger partial charge in [-0.2, -0.15) is 0 Å². The van der Waals surface area contributed by atoms with E-state index in [0.717, 1.165) is 5.56 Å². The van der Waals surface area contributed by atoms with Crippen LogP contribution in [0.3, 0.4) is 0 Å². The Morgan fingerprint density at radius 1 is 1.40 bits per heavy atom. The molecule has 0 bridgehead atoms. The summed E-state index contributed by atoms with van der Waals surface area (Å²) in [5, 5.41) is 24.2. The van der Waals surface area contributed by atoms with Gasteiger partial charge in [0.25, 0.3) is 5.69 Å². The van der Waals surface area contributed by atoms with Crippen LogP contribution in [0, 0.1) is 22.5 Å². The molecule has 0 spiro atoms. The molecule has 1 aromatic carbocycles. The van der Waals surface area contributed by atoms with Crippen molar-refractivity contribution < 1.29 is 10.0 Å². The third kappa shape index (κ3) is 4.28. The number of rotatable bonds is 5. The maximum atomic E-state index is 10.9. The summed E-state index contributed by atoms with van der Waals surface area (Å²) in [6, 6.07) is 5.18. The lowest BCUT2D eigenvalue weighted by atomic mass is 9.89. The second-order valence-electron chi connectivity index (χ2n) is 6.31. The third-order valence-corrected chi connectivity index (χ3v) is 3.55. The van der Waals surface area contributed by atoms with Gasteiger partial charge in [0, 0.05) is 24.2 Å². The van der Waals surface area contributed by atoms with Crippen molar-refractivity contribution >= 4 is 5.69 Å². The van der Waals surface area contributed by atoms with E-state index < -0.39 is 6.10 Å². The minimum atomic E-state index is -0.467. The van der Waals surface area contributed by atoms with E-state index in [1.807, 2.05) is 33.8 Å². The summed E-state index contributed by atoms with van der Waals surface area (Å²) in [6.45, 7) is 10.0. The van der Waals surface area contributed by atoms with E-state index in [-0.39, 0.29) is 22.1 Å². The van der Waals surface area contributed by atoms with Crippen molar-refractivity contribution in [1.29, 1.82) is 0 Å². The van der Waals surface area contributed by atoms with Gasteiger partial charge in [-0.3, -0.25) is 10.1 Å². The molecule has 0 saturated heterocycles. The van der Waals surface area contributed by atoms with E-state index in [9.17, 15) is 15.2 Å². The lowest BCUT2D eigenvalue weighted by Gasteiger charge is -2.27. The van der Waals surface area contributed by atoms with E-state index in [1.54, 1.807) is 19.1 Å². The van der Waals surface area contributed by atoms with Crippen LogP contribution in [-0.4, -0.2) is 22.7 Å². The minimum absolute atomic E-state index is 0.0497. The Kier molecular flexibility index (Phi) is 5.25. The molecule has 0 heterocycles. The van der Waals surface area contributed by atoms with Crippen LogP contribution in [0.5, 0.6) is 0 Å². The van der Waals surface area contributed by atoms with Gasteiger partial charge in [-0.25, -0.2) is 0 Å². The molecule has 5 heteroatoms. The molecule has 1 rings (SSSR count). The maximum absolute atomic E-state index is 10.9. The Labute approximate surface area is 120 Å². The number of nitro benzene ring substituents is 1. The number of aliphatic hydroxyl groups excluding tert-OH is 1. The fourth-order valence-corrected chi connectivity index (χ4v) is 1.80. The first-order valence-electron chi connectivity index (χ1n) is 6.79. The average molecular weight is 280 g/mol. The van der Waals surface area contributed by atoms with Gasteiger partial charge in [0.1, 0.15) is 0 Å². The van der Waals surface area contributed by atoms with Crippen molar-refractivity contribution in [2.45, 2.75) is 46.8 Å². The fraction of sp³-hybridized carbons (Fsp3) is 0.600. The monoisotopic (exact) mass is 280 g/mol. The van der Waals surface area contributed by atoms with Crippen LogP contribution in [0.2, 0.25) is 0 Å². The molecule has 2 unspecified atom stereocenters. The smallest absolute Gasteiger partial charge is 0.272 e. The first-order chi connectivity index (χ1) is 9.12. The zero-order chi connectivity index (χ0) is 15.5. The topological polar surface area (TPSA) is 75.4 Å². The van der Waals surface area contributed by atoms with Gasteiger partial charge in [-0.15, -0.1) is 0 Å². The second kappa shape index (κ2) is 6.33. The van der Waals surface area contributed by atoms with Crippen LogP contribution in [-0.2, 0) is 0 Å². The molecular weight excluding hydrogens is 256 g/mol. The molecule has 0 radical (unpaired) electrons. The Morgan fingerprint density at radius 2 is 2.00 bits per heavy atom. The summed E-state index contributed by atoms with van der Waals surface area (Å²) >= 11 is 0. The molecule has 112 valence electrons. The van der Waals surface area contributed by atoms with E-state index in [0.29, 0.717) is 12.1 Å². The number of aliphatic hydroxyl groups is 1. The Hall–Kier alpha value is -1.46. The Balaban J connectivity index is 2.76. The lowest BCUT2D eigenvalue weighted by Crippen LogP contribution is -2.37. The fourth-order valence-electron chi connectivity index (χ4n) is 1.80. The van der Waals surface area contributed by atoms with Crippen molar-refractivity contribution in [3.63, 3.8) is 0 Å². The van der Waals surface area contributed by atoms with Crippen molar-refractivity contribution in [2.24, 2.45) is 5.41 Å². The standard InChI is InChI=1S/C15H24N2O3/c1-10-6-7-12(8-13(10)17(19)20)11(2)16-9-14(18)15(3,4)5/h6-8,11,14,16,18H,9H2,1-5H3. The molecule has 2 N–H and O–H groups in total. The summed E-state index contributed by atoms with van der Waals surface area (Å²) in [4.78, 5) is 10.6. The predicted molar refractivity (Wildman–Crippen MR) is 79.7 cm³/mol. The predicted octanol–water partition coefficient (Wildman–Crippen LogP) is 2.96. The maximum Gasteiger partial charge on any atom is 0.272 e. The number of aryl methyl sites for hydroxylation is 1. The van der Waals surface area contributed by atoms with E-state index in [1.165, 1.54) is 0 Å². The largest absolute Gasteiger partial charge is 0.391 e. The molecule has 0 aromatic heterocycles. The van der Waals surface area contributed by atoms with Crippen LogP contribution >= 0.6 is 0 Å². The molecule has 5 nitrogen and oxygen atoms in total. The highest BCUT2D eigenvalue weighted by molar-refractivity contribution is 5.43. The molecule has 20 heavy (non-hydrogen) atoms. The minimum Gasteiger partial charge on any atom is -0.391 e. The molecule has 0 saturated carbocycles. The summed E-state index contributed by atoms with van der Waals surface area (Å²) in [5.41, 5.74) is 1.45. The number of nitrogens with one attached hydrogen (secondary N) is 1. The van der Waals surface area contributed by atoms with Crippen LogP contribution in [0.25, 0.3) is 0 Å². The van der Waals surface area contributed by atoms with Crippen LogP contribution in [0.4, 0.5) is 5.69 Å². The Bertz CT molecular complexity index is 480. The highest BCUT2D eigenvalue weighted by atomic mass is 16.6. The van der Waals surface area contributed by atoms with Gasteiger partial charge in [0.15, 0.2) is 0 Å². The number of nitro groups is 1.